The first-order chi connectivity index (χ1) is 29.7. The second kappa shape index (κ2) is 14.0. The number of benzene rings is 11. The molecule has 0 amide bonds. The summed E-state index contributed by atoms with van der Waals surface area (Å²) in [5.41, 5.74) is 5.80. The minimum atomic E-state index is 0.115. The molecule has 0 saturated heterocycles. The first-order valence-electron chi connectivity index (χ1n) is 20.9. The molecule has 0 radical (unpaired) electrons. The van der Waals surface area contributed by atoms with E-state index in [1.807, 2.05) is 0 Å². The molecule has 11 aromatic rings. The van der Waals surface area contributed by atoms with Crippen molar-refractivity contribution in [3.05, 3.63) is 223 Å². The lowest BCUT2D eigenvalue weighted by atomic mass is 9.92. The van der Waals surface area contributed by atoms with Crippen molar-refractivity contribution in [3.63, 3.8) is 0 Å². The van der Waals surface area contributed by atoms with E-state index in [9.17, 15) is 0 Å². The monoisotopic (exact) mass is 764 g/mol. The highest BCUT2D eigenvalue weighted by atomic mass is 15.2. The maximum absolute atomic E-state index is 2.60. The third-order valence-corrected chi connectivity index (χ3v) is 12.6. The van der Waals surface area contributed by atoms with Gasteiger partial charge in [0.25, 0.3) is 0 Å². The highest BCUT2D eigenvalue weighted by Crippen LogP contribution is 2.47. The Morgan fingerprint density at radius 2 is 0.733 bits per heavy atom. The molecule has 12 rings (SSSR count). The number of fused-ring (bicyclic) bond motifs is 9. The van der Waals surface area contributed by atoms with Crippen molar-refractivity contribution in [1.29, 1.82) is 0 Å². The molecular formula is C58H40N2. The lowest BCUT2D eigenvalue weighted by Crippen LogP contribution is -2.37. The van der Waals surface area contributed by atoms with Crippen LogP contribution in [0.1, 0.15) is 6.42 Å². The maximum Gasteiger partial charge on any atom is 0.0566 e. The van der Waals surface area contributed by atoms with Crippen LogP contribution < -0.4 is 20.2 Å². The molecule has 0 spiro atoms. The van der Waals surface area contributed by atoms with Crippen LogP contribution in [0.5, 0.6) is 0 Å². The summed E-state index contributed by atoms with van der Waals surface area (Å²) in [7, 11) is 0. The summed E-state index contributed by atoms with van der Waals surface area (Å²) < 4.78 is 0. The molecule has 0 saturated carbocycles. The zero-order valence-electron chi connectivity index (χ0n) is 33.0. The molecule has 0 aliphatic heterocycles. The molecule has 0 aromatic heterocycles. The number of nitrogens with zero attached hydrogens (tertiary/aromatic N) is 2. The van der Waals surface area contributed by atoms with Gasteiger partial charge in [0.15, 0.2) is 0 Å². The highest BCUT2D eigenvalue weighted by Gasteiger charge is 2.25. The largest absolute Gasteiger partial charge is 0.334 e. The Kier molecular flexibility index (Phi) is 8.02. The quantitative estimate of drug-likeness (QED) is 0.156. The zero-order chi connectivity index (χ0) is 39.6. The van der Waals surface area contributed by atoms with Crippen molar-refractivity contribution < 1.29 is 0 Å². The SMILES string of the molecule is C1=c2ccccc2=CC(N(c2ccc3ccccc3c2)c2cc3c4ccccc4c(N(c4ccc5ccccc5c4)c4ccc5ccccc5c4)cc3c3ccccc23)C1. The summed E-state index contributed by atoms with van der Waals surface area (Å²) in [6, 6.07) is 78.5. The summed E-state index contributed by atoms with van der Waals surface area (Å²) in [5, 5.41) is 17.3. The van der Waals surface area contributed by atoms with Crippen LogP contribution in [0.25, 0.3) is 76.8 Å². The van der Waals surface area contributed by atoms with Crippen molar-refractivity contribution in [2.75, 3.05) is 9.80 Å². The van der Waals surface area contributed by atoms with Crippen molar-refractivity contribution in [2.45, 2.75) is 12.5 Å². The van der Waals surface area contributed by atoms with Crippen LogP contribution in [-0.2, 0) is 0 Å². The Bertz CT molecular complexity index is 3540. The number of hydrogen-bond donors (Lipinski definition) is 0. The van der Waals surface area contributed by atoms with Gasteiger partial charge in [-0.2, -0.15) is 0 Å². The maximum atomic E-state index is 2.60. The summed E-state index contributed by atoms with van der Waals surface area (Å²) in [5.74, 6) is 0. The molecule has 11 aromatic carbocycles. The second-order valence-electron chi connectivity index (χ2n) is 16.1. The first-order valence-corrected chi connectivity index (χ1v) is 20.9. The van der Waals surface area contributed by atoms with Crippen LogP contribution in [-0.4, -0.2) is 6.04 Å². The Morgan fingerprint density at radius 1 is 0.317 bits per heavy atom. The molecule has 2 heteroatoms. The minimum absolute atomic E-state index is 0.115. The molecule has 1 atom stereocenters. The summed E-state index contributed by atoms with van der Waals surface area (Å²) >= 11 is 0. The number of anilines is 5. The summed E-state index contributed by atoms with van der Waals surface area (Å²) in [6.07, 6.45) is 5.78. The molecule has 2 nitrogen and oxygen atoms in total. The van der Waals surface area contributed by atoms with E-state index in [0.717, 1.165) is 23.5 Å². The zero-order valence-corrected chi connectivity index (χ0v) is 33.0. The predicted octanol–water partition coefficient (Wildman–Crippen LogP) is 14.2. The van der Waals surface area contributed by atoms with Crippen LogP contribution in [0.4, 0.5) is 28.4 Å². The fourth-order valence-corrected chi connectivity index (χ4v) is 9.74. The average Bonchev–Trinajstić information content (AvgIpc) is 3.31. The van der Waals surface area contributed by atoms with E-state index in [4.69, 9.17) is 0 Å². The van der Waals surface area contributed by atoms with Crippen molar-refractivity contribution in [1.82, 2.24) is 0 Å². The fourth-order valence-electron chi connectivity index (χ4n) is 9.74. The molecule has 1 unspecified atom stereocenters. The highest BCUT2D eigenvalue weighted by molar-refractivity contribution is 6.24. The smallest absolute Gasteiger partial charge is 0.0566 e. The normalized spacial score (nSPS) is 13.7. The lowest BCUT2D eigenvalue weighted by molar-refractivity contribution is 0.841. The molecule has 0 heterocycles. The van der Waals surface area contributed by atoms with E-state index >= 15 is 0 Å². The first kappa shape index (κ1) is 34.4. The van der Waals surface area contributed by atoms with Crippen LogP contribution in [0.3, 0.4) is 0 Å². The van der Waals surface area contributed by atoms with Crippen LogP contribution >= 0.6 is 0 Å². The molecular weight excluding hydrogens is 725 g/mol. The van der Waals surface area contributed by atoms with Gasteiger partial charge in [-0.1, -0.05) is 176 Å². The van der Waals surface area contributed by atoms with Gasteiger partial charge in [-0.3, -0.25) is 0 Å². The Labute approximate surface area is 348 Å². The van der Waals surface area contributed by atoms with Gasteiger partial charge >= 0.3 is 0 Å². The van der Waals surface area contributed by atoms with E-state index in [0.29, 0.717) is 0 Å². The van der Waals surface area contributed by atoms with Gasteiger partial charge in [0.05, 0.1) is 17.4 Å². The van der Waals surface area contributed by atoms with Gasteiger partial charge in [0.2, 0.25) is 0 Å². The fraction of sp³-hybridized carbons (Fsp3) is 0.0345. The Hall–Kier alpha value is -7.68. The Balaban J connectivity index is 1.14. The molecule has 282 valence electrons. The molecule has 1 aliphatic carbocycles. The van der Waals surface area contributed by atoms with Crippen LogP contribution in [0.15, 0.2) is 212 Å². The third-order valence-electron chi connectivity index (χ3n) is 12.6. The van der Waals surface area contributed by atoms with Crippen LogP contribution in [0, 0.1) is 0 Å². The standard InChI is InChI=1S/C58H40N2/c1-5-17-43-33-47(29-25-39(43)13-1)59(48-30-26-40-14-2-6-18-44(40)34-48)57-37-55-52-22-10-12-24-54(52)58(38-56(55)51-21-9-11-23-53(51)57)60(49-31-27-41-15-3-7-19-45(41)35-49)50-32-28-42-16-4-8-20-46(42)36-50/h1-31,33-38,50H,32H2. The van der Waals surface area contributed by atoms with E-state index < -0.39 is 0 Å². The molecule has 1 aliphatic rings. The van der Waals surface area contributed by atoms with Gasteiger partial charge < -0.3 is 9.80 Å². The minimum Gasteiger partial charge on any atom is -0.334 e. The topological polar surface area (TPSA) is 6.48 Å². The molecule has 0 bridgehead atoms. The summed E-state index contributed by atoms with van der Waals surface area (Å²) in [6.45, 7) is 0. The lowest BCUT2D eigenvalue weighted by Gasteiger charge is -2.34. The average molecular weight is 765 g/mol. The second-order valence-corrected chi connectivity index (χ2v) is 16.1. The van der Waals surface area contributed by atoms with E-state index in [-0.39, 0.29) is 6.04 Å². The van der Waals surface area contributed by atoms with Crippen molar-refractivity contribution in [3.8, 4) is 0 Å². The van der Waals surface area contributed by atoms with Gasteiger partial charge in [-0.15, -0.1) is 0 Å². The van der Waals surface area contributed by atoms with Crippen molar-refractivity contribution in [2.24, 2.45) is 0 Å². The van der Waals surface area contributed by atoms with Gasteiger partial charge in [0.1, 0.15) is 0 Å². The molecule has 0 N–H and O–H groups in total. The van der Waals surface area contributed by atoms with E-state index in [1.54, 1.807) is 0 Å². The van der Waals surface area contributed by atoms with Gasteiger partial charge in [-0.05, 0) is 119 Å². The van der Waals surface area contributed by atoms with Gasteiger partial charge in [0, 0.05) is 27.8 Å². The molecule has 0 fully saturated rings. The van der Waals surface area contributed by atoms with E-state index in [2.05, 4.69) is 234 Å². The van der Waals surface area contributed by atoms with Gasteiger partial charge in [-0.25, -0.2) is 0 Å². The number of hydrogen-bond acceptors (Lipinski definition) is 2. The van der Waals surface area contributed by atoms with Crippen LogP contribution in [0.2, 0.25) is 0 Å². The third kappa shape index (κ3) is 5.72. The van der Waals surface area contributed by atoms with E-state index in [1.165, 1.54) is 86.4 Å². The predicted molar refractivity (Wildman–Crippen MR) is 258 cm³/mol. The summed E-state index contributed by atoms with van der Waals surface area (Å²) in [4.78, 5) is 5.06. The number of rotatable bonds is 6. The Morgan fingerprint density at radius 3 is 1.30 bits per heavy atom. The molecule has 60 heavy (non-hydrogen) atoms. The van der Waals surface area contributed by atoms with Crippen molar-refractivity contribution >= 4 is 105 Å².